The van der Waals surface area contributed by atoms with E-state index in [-0.39, 0.29) is 36.2 Å². The first-order chi connectivity index (χ1) is 20.1. The number of hydrogen-bond acceptors (Lipinski definition) is 6. The van der Waals surface area contributed by atoms with Crippen LogP contribution in [0.1, 0.15) is 29.2 Å². The summed E-state index contributed by atoms with van der Waals surface area (Å²) in [6.07, 6.45) is 1.95. The lowest BCUT2D eigenvalue weighted by Gasteiger charge is -2.25. The minimum absolute atomic E-state index is 0.0649. The minimum Gasteiger partial charge on any atom is -0.454 e. The van der Waals surface area contributed by atoms with E-state index in [9.17, 15) is 9.59 Å². The molecule has 0 bridgehead atoms. The molecule has 3 aliphatic rings. The fraction of sp³-hybridized carbons (Fsp3) is 0.258. The number of benzene rings is 3. The summed E-state index contributed by atoms with van der Waals surface area (Å²) in [4.78, 5) is 30.9. The van der Waals surface area contributed by atoms with Gasteiger partial charge in [0.2, 0.25) is 18.6 Å². The predicted octanol–water partition coefficient (Wildman–Crippen LogP) is 5.71. The molecule has 0 aliphatic carbocycles. The molecule has 3 aliphatic heterocycles. The zero-order chi connectivity index (χ0) is 27.9. The van der Waals surface area contributed by atoms with E-state index < -0.39 is 0 Å². The summed E-state index contributed by atoms with van der Waals surface area (Å²) < 4.78 is 13.0. The van der Waals surface area contributed by atoms with Gasteiger partial charge in [0.1, 0.15) is 12.4 Å². The van der Waals surface area contributed by atoms with Gasteiger partial charge in [0, 0.05) is 24.2 Å². The average Bonchev–Trinajstić information content (AvgIpc) is 3.76. The number of thioether (sulfide) groups is 1. The third-order valence-electron chi connectivity index (χ3n) is 7.67. The van der Waals surface area contributed by atoms with E-state index in [0.717, 1.165) is 35.2 Å². The lowest BCUT2D eigenvalue weighted by Crippen LogP contribution is -2.43. The Labute approximate surface area is 246 Å². The first-order valence-electron chi connectivity index (χ1n) is 13.6. The van der Waals surface area contributed by atoms with Crippen LogP contribution in [0.4, 0.5) is 5.82 Å². The van der Waals surface area contributed by atoms with Crippen LogP contribution in [0.3, 0.4) is 0 Å². The van der Waals surface area contributed by atoms with Gasteiger partial charge in [-0.05, 0) is 42.7 Å². The number of hydrogen-bond donors (Lipinski definition) is 0. The van der Waals surface area contributed by atoms with Crippen molar-refractivity contribution < 1.29 is 19.1 Å². The lowest BCUT2D eigenvalue weighted by atomic mass is 9.99. The standard InChI is InChI=1S/C31H27ClN4O4S/c32-22-10-4-5-11-23(22)36-31-28(29(33-36)20-8-2-1-3-9-20)30(21-12-13-24-25(16-21)40-19-39-24)41-18-27(38)35(31)17-26(37)34-14-6-7-15-34/h1-5,8-13,16,30H,6-7,14-15,17-19H2. The van der Waals surface area contributed by atoms with Crippen molar-refractivity contribution in [2.24, 2.45) is 0 Å². The molecule has 4 aromatic rings. The third kappa shape index (κ3) is 4.73. The summed E-state index contributed by atoms with van der Waals surface area (Å²) in [5, 5.41) is 5.33. The van der Waals surface area contributed by atoms with E-state index >= 15 is 0 Å². The monoisotopic (exact) mass is 586 g/mol. The second kappa shape index (κ2) is 10.8. The maximum Gasteiger partial charge on any atom is 0.242 e. The van der Waals surface area contributed by atoms with Gasteiger partial charge in [-0.1, -0.05) is 60.1 Å². The van der Waals surface area contributed by atoms with Crippen LogP contribution in [-0.2, 0) is 9.59 Å². The number of amides is 2. The van der Waals surface area contributed by atoms with Crippen molar-refractivity contribution in [1.29, 1.82) is 0 Å². The number of fused-ring (bicyclic) bond motifs is 2. The average molecular weight is 587 g/mol. The number of halogens is 1. The molecule has 208 valence electrons. The van der Waals surface area contributed by atoms with Crippen molar-refractivity contribution >= 4 is 41.0 Å². The molecule has 0 spiro atoms. The number of nitrogens with zero attached hydrogens (tertiary/aromatic N) is 4. The highest BCUT2D eigenvalue weighted by Gasteiger charge is 2.39. The van der Waals surface area contributed by atoms with E-state index in [1.807, 2.05) is 71.6 Å². The van der Waals surface area contributed by atoms with Crippen LogP contribution >= 0.6 is 23.4 Å². The van der Waals surface area contributed by atoms with Gasteiger partial charge < -0.3 is 14.4 Å². The fourth-order valence-corrected chi connectivity index (χ4v) is 7.06. The molecule has 3 aromatic carbocycles. The third-order valence-corrected chi connectivity index (χ3v) is 9.24. The Morgan fingerprint density at radius 1 is 0.976 bits per heavy atom. The largest absolute Gasteiger partial charge is 0.454 e. The van der Waals surface area contributed by atoms with Crippen LogP contribution in [0.15, 0.2) is 72.8 Å². The molecule has 0 N–H and O–H groups in total. The van der Waals surface area contributed by atoms with Gasteiger partial charge in [0.05, 0.1) is 27.4 Å². The molecule has 4 heterocycles. The Morgan fingerprint density at radius 2 is 1.73 bits per heavy atom. The molecule has 1 atom stereocenters. The topological polar surface area (TPSA) is 76.9 Å². The van der Waals surface area contributed by atoms with Crippen LogP contribution in [0, 0.1) is 0 Å². The Bertz CT molecular complexity index is 1640. The number of likely N-dealkylation sites (tertiary alicyclic amines) is 1. The Kier molecular flexibility index (Phi) is 6.84. The molecule has 1 aromatic heterocycles. The first kappa shape index (κ1) is 26.0. The van der Waals surface area contributed by atoms with Gasteiger partial charge in [0.15, 0.2) is 11.5 Å². The molecule has 0 radical (unpaired) electrons. The van der Waals surface area contributed by atoms with Gasteiger partial charge in [-0.25, -0.2) is 4.68 Å². The van der Waals surface area contributed by atoms with Gasteiger partial charge in [-0.15, -0.1) is 11.8 Å². The first-order valence-corrected chi connectivity index (χ1v) is 15.0. The second-order valence-electron chi connectivity index (χ2n) is 10.2. The van der Waals surface area contributed by atoms with E-state index in [1.165, 1.54) is 11.8 Å². The van der Waals surface area contributed by atoms with Crippen molar-refractivity contribution in [3.63, 3.8) is 0 Å². The van der Waals surface area contributed by atoms with Crippen molar-refractivity contribution in [3.05, 3.63) is 88.9 Å². The number of ether oxygens (including phenoxy) is 2. The van der Waals surface area contributed by atoms with Gasteiger partial charge in [-0.2, -0.15) is 5.10 Å². The lowest BCUT2D eigenvalue weighted by molar-refractivity contribution is -0.130. The van der Waals surface area contributed by atoms with E-state index in [4.69, 9.17) is 26.2 Å². The van der Waals surface area contributed by atoms with Gasteiger partial charge in [-0.3, -0.25) is 14.5 Å². The Hall–Kier alpha value is -3.95. The van der Waals surface area contributed by atoms with Crippen molar-refractivity contribution in [2.75, 3.05) is 37.1 Å². The highest BCUT2D eigenvalue weighted by molar-refractivity contribution is 8.00. The zero-order valence-electron chi connectivity index (χ0n) is 22.2. The number of carbonyl (C=O) groups is 2. The number of para-hydroxylation sites is 1. The maximum absolute atomic E-state index is 13.9. The highest BCUT2D eigenvalue weighted by Crippen LogP contribution is 2.50. The van der Waals surface area contributed by atoms with Gasteiger partial charge >= 0.3 is 0 Å². The van der Waals surface area contributed by atoms with Crippen LogP contribution in [-0.4, -0.2) is 58.7 Å². The maximum atomic E-state index is 13.9. The molecule has 1 fully saturated rings. The van der Waals surface area contributed by atoms with Crippen LogP contribution in [0.2, 0.25) is 5.02 Å². The molecular formula is C31H27ClN4O4S. The fourth-order valence-electron chi connectivity index (χ4n) is 5.66. The molecular weight excluding hydrogens is 560 g/mol. The summed E-state index contributed by atoms with van der Waals surface area (Å²) in [6.45, 7) is 1.53. The molecule has 41 heavy (non-hydrogen) atoms. The molecule has 0 saturated carbocycles. The van der Waals surface area contributed by atoms with Gasteiger partial charge in [0.25, 0.3) is 0 Å². The van der Waals surface area contributed by atoms with Crippen molar-refractivity contribution in [1.82, 2.24) is 14.7 Å². The van der Waals surface area contributed by atoms with Crippen LogP contribution in [0.25, 0.3) is 16.9 Å². The Balaban J connectivity index is 1.47. The Morgan fingerprint density at radius 3 is 2.54 bits per heavy atom. The summed E-state index contributed by atoms with van der Waals surface area (Å²) in [6, 6.07) is 23.2. The van der Waals surface area contributed by atoms with E-state index in [1.54, 1.807) is 15.6 Å². The molecule has 1 saturated heterocycles. The summed E-state index contributed by atoms with van der Waals surface area (Å²) in [5.74, 6) is 1.89. The number of aromatic nitrogens is 2. The van der Waals surface area contributed by atoms with Crippen LogP contribution in [0.5, 0.6) is 11.5 Å². The molecule has 7 rings (SSSR count). The predicted molar refractivity (Wildman–Crippen MR) is 159 cm³/mol. The minimum atomic E-state index is -0.276. The SMILES string of the molecule is O=C(CN1C(=O)CSC(c2ccc3c(c2)OCO3)c2c(-c3ccccc3)nn(-c3ccccc3Cl)c21)N1CCCC1. The highest BCUT2D eigenvalue weighted by atomic mass is 35.5. The van der Waals surface area contributed by atoms with Crippen molar-refractivity contribution in [2.45, 2.75) is 18.1 Å². The summed E-state index contributed by atoms with van der Waals surface area (Å²) in [5.41, 5.74) is 4.07. The molecule has 8 nitrogen and oxygen atoms in total. The number of anilines is 1. The quantitative estimate of drug-likeness (QED) is 0.298. The van der Waals surface area contributed by atoms with Crippen LogP contribution < -0.4 is 14.4 Å². The van der Waals surface area contributed by atoms with Crippen molar-refractivity contribution in [3.8, 4) is 28.4 Å². The number of rotatable bonds is 5. The smallest absolute Gasteiger partial charge is 0.242 e. The van der Waals surface area contributed by atoms with E-state index in [0.29, 0.717) is 41.1 Å². The zero-order valence-corrected chi connectivity index (χ0v) is 23.7. The normalized spacial score (nSPS) is 18.0. The number of carbonyl (C=O) groups excluding carboxylic acids is 2. The van der Waals surface area contributed by atoms with E-state index in [2.05, 4.69) is 0 Å². The summed E-state index contributed by atoms with van der Waals surface area (Å²) in [7, 11) is 0. The molecule has 10 heteroatoms. The molecule has 1 unspecified atom stereocenters. The summed E-state index contributed by atoms with van der Waals surface area (Å²) >= 11 is 8.25. The molecule has 2 amide bonds. The second-order valence-corrected chi connectivity index (χ2v) is 11.7.